The molecule has 12 heteroatoms. The number of aromatic nitrogens is 2. The monoisotopic (exact) mass is 358 g/mol. The molecule has 1 aromatic heterocycles. The van der Waals surface area contributed by atoms with Crippen LogP contribution in [0.3, 0.4) is 0 Å². The van der Waals surface area contributed by atoms with Crippen LogP contribution in [0.1, 0.15) is 5.69 Å². The molecule has 0 fully saturated rings. The molecule has 0 unspecified atom stereocenters. The lowest BCUT2D eigenvalue weighted by Crippen LogP contribution is -2.11. The summed E-state index contributed by atoms with van der Waals surface area (Å²) in [4.78, 5) is 1.83. The minimum atomic E-state index is -4.74. The van der Waals surface area contributed by atoms with E-state index in [1.165, 1.54) is 6.92 Å². The van der Waals surface area contributed by atoms with Crippen LogP contribution in [-0.2, 0) is 20.2 Å². The fourth-order valence-corrected chi connectivity index (χ4v) is 3.05. The molecule has 1 aromatic carbocycles. The first kappa shape index (κ1) is 16.9. The van der Waals surface area contributed by atoms with Gasteiger partial charge < -0.3 is 5.73 Å². The Morgan fingerprint density at radius 3 is 2.26 bits per heavy atom. The van der Waals surface area contributed by atoms with Crippen molar-refractivity contribution in [3.8, 4) is 5.69 Å². The number of nitrogen functional groups attached to an aromatic ring is 1. The molecule has 0 aliphatic rings. The van der Waals surface area contributed by atoms with Gasteiger partial charge in [0, 0.05) is 0 Å². The van der Waals surface area contributed by atoms with Crippen LogP contribution in [0.15, 0.2) is 28.0 Å². The summed E-state index contributed by atoms with van der Waals surface area (Å²) >= 11 is 0. The van der Waals surface area contributed by atoms with Gasteiger partial charge in [-0.15, -0.1) is 0 Å². The van der Waals surface area contributed by atoms with E-state index in [4.69, 9.17) is 16.9 Å². The van der Waals surface area contributed by atoms with Crippen LogP contribution < -0.4 is 5.73 Å². The van der Waals surface area contributed by atoms with E-state index in [0.29, 0.717) is 0 Å². The molecule has 0 amide bonds. The van der Waals surface area contributed by atoms with Crippen LogP contribution in [0.2, 0.25) is 0 Å². The van der Waals surface area contributed by atoms with Gasteiger partial charge in [0.2, 0.25) is 5.69 Å². The van der Waals surface area contributed by atoms with E-state index in [0.717, 1.165) is 22.9 Å². The van der Waals surface area contributed by atoms with Crippen molar-refractivity contribution in [3.05, 3.63) is 35.3 Å². The molecule has 0 bridgehead atoms. The summed E-state index contributed by atoms with van der Waals surface area (Å²) in [5.41, 5.74) is 5.42. The lowest BCUT2D eigenvalue weighted by Gasteiger charge is -2.10. The van der Waals surface area contributed by atoms with Crippen LogP contribution in [0, 0.1) is 13.5 Å². The van der Waals surface area contributed by atoms with Gasteiger partial charge in [0.1, 0.15) is 10.7 Å². The highest BCUT2D eigenvalue weighted by Crippen LogP contribution is 2.32. The number of nitrogens with two attached hydrogens (primary N) is 1. The van der Waals surface area contributed by atoms with Crippen LogP contribution in [-0.4, -0.2) is 35.7 Å². The van der Waals surface area contributed by atoms with E-state index in [2.05, 4.69) is 9.94 Å². The number of nitrogens with zero attached hydrogens (tertiary/aromatic N) is 3. The summed E-state index contributed by atoms with van der Waals surface area (Å²) in [7, 11) is -9.38. The molecule has 4 N–H and O–H groups in total. The van der Waals surface area contributed by atoms with E-state index < -0.39 is 35.7 Å². The molecule has 2 aromatic rings. The third-order valence-electron chi connectivity index (χ3n) is 2.91. The molecular weight excluding hydrogens is 348 g/mol. The maximum atomic E-state index is 11.5. The van der Waals surface area contributed by atoms with Crippen molar-refractivity contribution in [3.63, 3.8) is 0 Å². The zero-order valence-electron chi connectivity index (χ0n) is 11.5. The van der Waals surface area contributed by atoms with Crippen molar-refractivity contribution in [1.82, 2.24) is 9.78 Å². The van der Waals surface area contributed by atoms with Gasteiger partial charge in [0.25, 0.3) is 20.2 Å². The second kappa shape index (κ2) is 5.32. The molecule has 0 aliphatic carbocycles. The quantitative estimate of drug-likeness (QED) is 0.537. The molecule has 10 nitrogen and oxygen atoms in total. The zero-order chi connectivity index (χ0) is 17.6. The predicted molar refractivity (Wildman–Crippen MR) is 78.6 cm³/mol. The lowest BCUT2D eigenvalue weighted by molar-refractivity contribution is 0.477. The predicted octanol–water partition coefficient (Wildman–Crippen LogP) is 0.807. The molecule has 0 saturated heterocycles. The molecular formula is C11H10N4O6S2. The normalized spacial score (nSPS) is 12.1. The summed E-state index contributed by atoms with van der Waals surface area (Å²) < 4.78 is 64.5. The highest BCUT2D eigenvalue weighted by Gasteiger charge is 2.24. The van der Waals surface area contributed by atoms with Crippen molar-refractivity contribution in [2.45, 2.75) is 16.7 Å². The first-order valence-corrected chi connectivity index (χ1v) is 8.66. The second-order valence-corrected chi connectivity index (χ2v) is 7.23. The Hall–Kier alpha value is -2.46. The number of benzene rings is 1. The SMILES string of the molecule is [C-]#[N+]c1c(C)nn(-c2cc(S(=O)(=O)O)ccc2S(=O)(=O)O)c1N. The number of aryl methyl sites for hydroxylation is 1. The molecule has 0 atom stereocenters. The van der Waals surface area contributed by atoms with E-state index in [1.54, 1.807) is 0 Å². The number of hydrogen-bond donors (Lipinski definition) is 3. The van der Waals surface area contributed by atoms with Gasteiger partial charge in [-0.1, -0.05) is 0 Å². The van der Waals surface area contributed by atoms with Gasteiger partial charge in [-0.25, -0.2) is 9.53 Å². The number of rotatable bonds is 3. The second-order valence-electron chi connectivity index (χ2n) is 4.42. The molecule has 23 heavy (non-hydrogen) atoms. The minimum Gasteiger partial charge on any atom is -0.392 e. The molecule has 0 radical (unpaired) electrons. The van der Waals surface area contributed by atoms with E-state index in [9.17, 15) is 21.4 Å². The van der Waals surface area contributed by atoms with Crippen LogP contribution in [0.5, 0.6) is 0 Å². The summed E-state index contributed by atoms with van der Waals surface area (Å²) in [5, 5.41) is 3.87. The summed E-state index contributed by atoms with van der Waals surface area (Å²) in [6, 6.07) is 2.35. The molecule has 2 rings (SSSR count). The van der Waals surface area contributed by atoms with Gasteiger partial charge >= 0.3 is 0 Å². The smallest absolute Gasteiger partial charge is 0.296 e. The number of anilines is 1. The van der Waals surface area contributed by atoms with Gasteiger partial charge in [0.05, 0.1) is 22.8 Å². The maximum absolute atomic E-state index is 11.5. The Bertz CT molecular complexity index is 1050. The number of hydrogen-bond acceptors (Lipinski definition) is 6. The zero-order valence-corrected chi connectivity index (χ0v) is 13.1. The average Bonchev–Trinajstić information content (AvgIpc) is 2.70. The Labute approximate surface area is 131 Å². The lowest BCUT2D eigenvalue weighted by atomic mass is 10.3. The fraction of sp³-hybridized carbons (Fsp3) is 0.0909. The standard InChI is InChI=1S/C11H10N4O6S2/c1-6-10(13-2)11(12)15(14-6)8-5-7(22(16,17)18)3-4-9(8)23(19,20)21/h3-5H,12H2,1H3,(H,16,17,18)(H,19,20,21). The van der Waals surface area contributed by atoms with Gasteiger partial charge in [-0.3, -0.25) is 9.11 Å². The van der Waals surface area contributed by atoms with Gasteiger partial charge in [0.15, 0.2) is 0 Å². The van der Waals surface area contributed by atoms with Crippen LogP contribution in [0.25, 0.3) is 10.5 Å². The molecule has 0 aliphatic heterocycles. The third-order valence-corrected chi connectivity index (χ3v) is 4.66. The van der Waals surface area contributed by atoms with E-state index in [1.807, 2.05) is 0 Å². The Morgan fingerprint density at radius 2 is 1.83 bits per heavy atom. The van der Waals surface area contributed by atoms with Crippen LogP contribution in [0.4, 0.5) is 11.5 Å². The van der Waals surface area contributed by atoms with Gasteiger partial charge in [-0.05, 0) is 25.1 Å². The highest BCUT2D eigenvalue weighted by atomic mass is 32.2. The fourth-order valence-electron chi connectivity index (χ4n) is 1.90. The average molecular weight is 358 g/mol. The molecule has 1 heterocycles. The maximum Gasteiger partial charge on any atom is 0.296 e. The Kier molecular flexibility index (Phi) is 3.91. The van der Waals surface area contributed by atoms with Gasteiger partial charge in [-0.2, -0.15) is 21.9 Å². The van der Waals surface area contributed by atoms with Crippen molar-refractivity contribution in [1.29, 1.82) is 0 Å². The van der Waals surface area contributed by atoms with Crippen molar-refractivity contribution in [2.24, 2.45) is 0 Å². The van der Waals surface area contributed by atoms with E-state index >= 15 is 0 Å². The molecule has 122 valence electrons. The summed E-state index contributed by atoms with van der Waals surface area (Å²) in [6.45, 7) is 8.45. The summed E-state index contributed by atoms with van der Waals surface area (Å²) in [5.74, 6) is -0.241. The first-order chi connectivity index (χ1) is 10.5. The summed E-state index contributed by atoms with van der Waals surface area (Å²) in [6.07, 6.45) is 0. The molecule has 0 spiro atoms. The first-order valence-electron chi connectivity index (χ1n) is 5.78. The van der Waals surface area contributed by atoms with Crippen molar-refractivity contribution in [2.75, 3.05) is 5.73 Å². The topological polar surface area (TPSA) is 157 Å². The van der Waals surface area contributed by atoms with Crippen molar-refractivity contribution >= 4 is 31.7 Å². The van der Waals surface area contributed by atoms with E-state index in [-0.39, 0.29) is 17.2 Å². The Balaban J connectivity index is 2.92. The molecule has 0 saturated carbocycles. The van der Waals surface area contributed by atoms with Crippen LogP contribution >= 0.6 is 0 Å². The van der Waals surface area contributed by atoms with Crippen molar-refractivity contribution < 1.29 is 25.9 Å². The highest BCUT2D eigenvalue weighted by molar-refractivity contribution is 7.86. The third kappa shape index (κ3) is 3.03. The minimum absolute atomic E-state index is 0.0523. The largest absolute Gasteiger partial charge is 0.392 e. The Morgan fingerprint density at radius 1 is 1.22 bits per heavy atom.